The number of aromatic nitrogens is 3. The van der Waals surface area contributed by atoms with Crippen LogP contribution >= 0.6 is 0 Å². The molecule has 39 heavy (non-hydrogen) atoms. The second kappa shape index (κ2) is 11.3. The molecule has 206 valence electrons. The van der Waals surface area contributed by atoms with E-state index in [-0.39, 0.29) is 29.2 Å². The standard InChI is InChI=1S/C28H34FN7O3/c1-6-21(7-2)36-24-19(14-18(16-30)25(36)37)17-31-26(33-24)32-20-8-9-23(22(29)15-20)34-10-12-35(13-11-34)27(38)39-28(3,4)5/h8-9,14-15,17,21H,6-7,10-13H2,1-5H3,(H,31,32,33). The first kappa shape index (κ1) is 27.8. The first-order valence-electron chi connectivity index (χ1n) is 13.2. The number of hydrogen-bond donors (Lipinski definition) is 1. The van der Waals surface area contributed by atoms with Crippen molar-refractivity contribution < 1.29 is 13.9 Å². The minimum absolute atomic E-state index is 0.0447. The number of rotatable bonds is 6. The minimum Gasteiger partial charge on any atom is -0.444 e. The van der Waals surface area contributed by atoms with E-state index in [4.69, 9.17) is 4.74 Å². The summed E-state index contributed by atoms with van der Waals surface area (Å²) in [6, 6.07) is 8.13. The van der Waals surface area contributed by atoms with Gasteiger partial charge < -0.3 is 19.9 Å². The Bertz CT molecular complexity index is 1460. The molecule has 0 spiro atoms. The highest BCUT2D eigenvalue weighted by Gasteiger charge is 2.27. The molecule has 0 aliphatic carbocycles. The van der Waals surface area contributed by atoms with Gasteiger partial charge in [0, 0.05) is 49.5 Å². The van der Waals surface area contributed by atoms with Crippen LogP contribution in [-0.2, 0) is 4.74 Å². The van der Waals surface area contributed by atoms with Gasteiger partial charge in [-0.3, -0.25) is 9.36 Å². The Balaban J connectivity index is 1.53. The van der Waals surface area contributed by atoms with Gasteiger partial charge in [-0.1, -0.05) is 13.8 Å². The van der Waals surface area contributed by atoms with Crippen LogP contribution in [0.3, 0.4) is 0 Å². The summed E-state index contributed by atoms with van der Waals surface area (Å²) in [6.07, 6.45) is 2.59. The van der Waals surface area contributed by atoms with Crippen molar-refractivity contribution in [3.8, 4) is 6.07 Å². The van der Waals surface area contributed by atoms with Crippen LogP contribution in [0.1, 0.15) is 59.1 Å². The second-order valence-electron chi connectivity index (χ2n) is 10.5. The van der Waals surface area contributed by atoms with Crippen molar-refractivity contribution in [2.24, 2.45) is 0 Å². The molecule has 1 aliphatic rings. The Morgan fingerprint density at radius 2 is 1.87 bits per heavy atom. The van der Waals surface area contributed by atoms with E-state index in [2.05, 4.69) is 15.3 Å². The van der Waals surface area contributed by atoms with Crippen molar-refractivity contribution in [1.29, 1.82) is 5.26 Å². The lowest BCUT2D eigenvalue weighted by Crippen LogP contribution is -2.50. The number of nitrogens with zero attached hydrogens (tertiary/aromatic N) is 6. The molecule has 3 aromatic rings. The van der Waals surface area contributed by atoms with E-state index < -0.39 is 11.4 Å². The SMILES string of the molecule is CCC(CC)n1c(=O)c(C#N)cc2cnc(Nc3ccc(N4CCN(C(=O)OC(C)(C)C)CC4)c(F)c3)nc21. The van der Waals surface area contributed by atoms with Crippen molar-refractivity contribution in [3.63, 3.8) is 0 Å². The monoisotopic (exact) mass is 535 g/mol. The Kier molecular flexibility index (Phi) is 8.04. The molecule has 0 unspecified atom stereocenters. The molecule has 0 bridgehead atoms. The fraction of sp³-hybridized carbons (Fsp3) is 0.464. The molecule has 10 nitrogen and oxygen atoms in total. The molecule has 4 rings (SSSR count). The van der Waals surface area contributed by atoms with Gasteiger partial charge in [0.1, 0.15) is 28.7 Å². The number of piperazine rings is 1. The van der Waals surface area contributed by atoms with E-state index in [1.54, 1.807) is 27.8 Å². The van der Waals surface area contributed by atoms with Crippen LogP contribution in [0, 0.1) is 17.1 Å². The predicted octanol–water partition coefficient (Wildman–Crippen LogP) is 4.96. The third kappa shape index (κ3) is 6.11. The fourth-order valence-corrected chi connectivity index (χ4v) is 4.68. The minimum atomic E-state index is -0.567. The summed E-state index contributed by atoms with van der Waals surface area (Å²) in [5.74, 6) is -0.205. The maximum Gasteiger partial charge on any atom is 0.410 e. The average Bonchev–Trinajstić information content (AvgIpc) is 2.89. The van der Waals surface area contributed by atoms with E-state index in [1.807, 2.05) is 45.6 Å². The molecule has 1 saturated heterocycles. The van der Waals surface area contributed by atoms with Crippen LogP contribution in [0.2, 0.25) is 0 Å². The van der Waals surface area contributed by atoms with Crippen molar-refractivity contribution >= 4 is 34.4 Å². The van der Waals surface area contributed by atoms with Crippen LogP contribution in [-0.4, -0.2) is 57.3 Å². The molecule has 1 aromatic carbocycles. The summed E-state index contributed by atoms with van der Waals surface area (Å²) < 4.78 is 22.2. The van der Waals surface area contributed by atoms with Crippen molar-refractivity contribution in [3.05, 3.63) is 52.2 Å². The normalized spacial score (nSPS) is 14.0. The first-order valence-corrected chi connectivity index (χ1v) is 13.2. The molecule has 0 radical (unpaired) electrons. The topological polar surface area (TPSA) is 116 Å². The zero-order valence-electron chi connectivity index (χ0n) is 23.0. The van der Waals surface area contributed by atoms with Gasteiger partial charge in [-0.2, -0.15) is 10.2 Å². The quantitative estimate of drug-likeness (QED) is 0.471. The highest BCUT2D eigenvalue weighted by atomic mass is 19.1. The lowest BCUT2D eigenvalue weighted by molar-refractivity contribution is 0.0240. The van der Waals surface area contributed by atoms with Gasteiger partial charge in [-0.25, -0.2) is 14.2 Å². The van der Waals surface area contributed by atoms with Gasteiger partial charge in [0.2, 0.25) is 5.95 Å². The number of carbonyl (C=O) groups excluding carboxylic acids is 1. The highest BCUT2D eigenvalue weighted by molar-refractivity contribution is 5.77. The van der Waals surface area contributed by atoms with E-state index in [0.29, 0.717) is 61.4 Å². The number of fused-ring (bicyclic) bond motifs is 1. The number of amides is 1. The number of hydrogen-bond acceptors (Lipinski definition) is 8. The van der Waals surface area contributed by atoms with E-state index in [0.717, 1.165) is 0 Å². The molecule has 1 fully saturated rings. The van der Waals surface area contributed by atoms with Crippen LogP contribution < -0.4 is 15.8 Å². The number of pyridine rings is 1. The molecule has 0 atom stereocenters. The molecule has 1 N–H and O–H groups in total. The lowest BCUT2D eigenvalue weighted by Gasteiger charge is -2.36. The van der Waals surface area contributed by atoms with Gasteiger partial charge in [0.05, 0.1) is 5.69 Å². The molecule has 3 heterocycles. The molecular formula is C28H34FN7O3. The molecular weight excluding hydrogens is 501 g/mol. The number of halogens is 1. The molecule has 2 aromatic heterocycles. The number of nitriles is 1. The highest BCUT2D eigenvalue weighted by Crippen LogP contribution is 2.27. The lowest BCUT2D eigenvalue weighted by atomic mass is 10.1. The second-order valence-corrected chi connectivity index (χ2v) is 10.5. The zero-order chi connectivity index (χ0) is 28.3. The smallest absolute Gasteiger partial charge is 0.410 e. The van der Waals surface area contributed by atoms with Gasteiger partial charge in [-0.05, 0) is 57.9 Å². The van der Waals surface area contributed by atoms with Crippen molar-refractivity contribution in [2.75, 3.05) is 36.4 Å². The summed E-state index contributed by atoms with van der Waals surface area (Å²) in [5, 5.41) is 13.0. The van der Waals surface area contributed by atoms with Crippen LogP contribution in [0.5, 0.6) is 0 Å². The number of carbonyl (C=O) groups is 1. The number of benzene rings is 1. The third-order valence-electron chi connectivity index (χ3n) is 6.68. The largest absolute Gasteiger partial charge is 0.444 e. The summed E-state index contributed by atoms with van der Waals surface area (Å²) in [5.41, 5.74) is 0.408. The Morgan fingerprint density at radius 1 is 1.18 bits per heavy atom. The van der Waals surface area contributed by atoms with Gasteiger partial charge in [-0.15, -0.1) is 0 Å². The first-order chi connectivity index (χ1) is 18.5. The molecule has 1 amide bonds. The average molecular weight is 536 g/mol. The number of nitrogens with one attached hydrogen (secondary N) is 1. The van der Waals surface area contributed by atoms with Gasteiger partial charge in [0.15, 0.2) is 0 Å². The van der Waals surface area contributed by atoms with Crippen LogP contribution in [0.4, 0.5) is 26.5 Å². The summed E-state index contributed by atoms with van der Waals surface area (Å²) >= 11 is 0. The fourth-order valence-electron chi connectivity index (χ4n) is 4.68. The molecule has 1 aliphatic heterocycles. The van der Waals surface area contributed by atoms with Gasteiger partial charge in [0.25, 0.3) is 5.56 Å². The van der Waals surface area contributed by atoms with Crippen LogP contribution in [0.25, 0.3) is 11.0 Å². The van der Waals surface area contributed by atoms with E-state index in [9.17, 15) is 14.9 Å². The van der Waals surface area contributed by atoms with Gasteiger partial charge >= 0.3 is 6.09 Å². The Hall–Kier alpha value is -4.20. The molecule has 0 saturated carbocycles. The van der Waals surface area contributed by atoms with E-state index >= 15 is 4.39 Å². The van der Waals surface area contributed by atoms with E-state index in [1.165, 1.54) is 12.1 Å². The van der Waals surface area contributed by atoms with Crippen LogP contribution in [0.15, 0.2) is 35.3 Å². The zero-order valence-corrected chi connectivity index (χ0v) is 23.0. The maximum absolute atomic E-state index is 15.2. The molecule has 11 heteroatoms. The third-order valence-corrected chi connectivity index (χ3v) is 6.68. The maximum atomic E-state index is 15.2. The Labute approximate surface area is 227 Å². The summed E-state index contributed by atoms with van der Waals surface area (Å²) in [7, 11) is 0. The van der Waals surface area contributed by atoms with Crippen molar-refractivity contribution in [2.45, 2.75) is 59.1 Å². The van der Waals surface area contributed by atoms with Crippen molar-refractivity contribution in [1.82, 2.24) is 19.4 Å². The summed E-state index contributed by atoms with van der Waals surface area (Å²) in [4.78, 5) is 37.7. The predicted molar refractivity (Wildman–Crippen MR) is 148 cm³/mol. The number of anilines is 3. The summed E-state index contributed by atoms with van der Waals surface area (Å²) in [6.45, 7) is 11.3. The Morgan fingerprint density at radius 3 is 2.46 bits per heavy atom. The number of ether oxygens (including phenoxy) is 1.